The second kappa shape index (κ2) is 10.00. The Morgan fingerprint density at radius 1 is 1.19 bits per heavy atom. The van der Waals surface area contributed by atoms with Gasteiger partial charge in [-0.1, -0.05) is 11.6 Å². The first-order valence-electron chi connectivity index (χ1n) is 11.4. The van der Waals surface area contributed by atoms with E-state index in [-0.39, 0.29) is 0 Å². The highest BCUT2D eigenvalue weighted by atomic mass is 16.5. The zero-order chi connectivity index (χ0) is 22.6. The molecule has 2 fully saturated rings. The standard InChI is InChI=1S/C22H29N5O4/c1-2-30-21(28)15-6-8-18(9-7-15)31-22(29)19-12-17-11-14(3-5-16(17)13-23-19)4-10-20-24-26-27-25-20/h6-9,14,16-17,19,23H,2-5,10-13H2,1H3,(H,24,25,26,27)/t14-,16+,17-,19+/m1/s1/i19D. The predicted molar refractivity (Wildman–Crippen MR) is 111 cm³/mol. The molecule has 1 saturated carbocycles. The molecule has 2 heterocycles. The second-order valence-electron chi connectivity index (χ2n) is 8.26. The number of hydrogen-bond donors (Lipinski definition) is 2. The smallest absolute Gasteiger partial charge is 0.338 e. The summed E-state index contributed by atoms with van der Waals surface area (Å²) in [5.41, 5.74) is 0.389. The van der Waals surface area contributed by atoms with Gasteiger partial charge >= 0.3 is 11.9 Å². The molecule has 2 N–H and O–H groups in total. The van der Waals surface area contributed by atoms with Gasteiger partial charge in [0, 0.05) is 6.42 Å². The summed E-state index contributed by atoms with van der Waals surface area (Å²) in [5.74, 6) is 1.30. The Kier molecular flexibility index (Phi) is 6.49. The van der Waals surface area contributed by atoms with Gasteiger partial charge in [0.25, 0.3) is 0 Å². The van der Waals surface area contributed by atoms with Crippen molar-refractivity contribution in [2.75, 3.05) is 13.2 Å². The van der Waals surface area contributed by atoms with Crippen LogP contribution in [0.4, 0.5) is 0 Å². The third-order valence-electron chi connectivity index (χ3n) is 6.28. The van der Waals surface area contributed by atoms with E-state index >= 15 is 0 Å². The number of rotatable bonds is 7. The molecule has 0 unspecified atom stereocenters. The lowest BCUT2D eigenvalue weighted by Gasteiger charge is -2.42. The minimum Gasteiger partial charge on any atom is -0.462 e. The number of H-pyrrole nitrogens is 1. The number of esters is 2. The van der Waals surface area contributed by atoms with E-state index in [1.165, 1.54) is 0 Å². The van der Waals surface area contributed by atoms with Crippen LogP contribution in [0.1, 0.15) is 56.6 Å². The Hall–Kier alpha value is -2.81. The van der Waals surface area contributed by atoms with Gasteiger partial charge < -0.3 is 14.8 Å². The van der Waals surface area contributed by atoms with Gasteiger partial charge in [0.15, 0.2) is 5.82 Å². The molecule has 1 saturated heterocycles. The molecule has 2 aromatic rings. The van der Waals surface area contributed by atoms with Gasteiger partial charge in [-0.25, -0.2) is 9.59 Å². The molecule has 4 atom stereocenters. The molecule has 0 spiro atoms. The first kappa shape index (κ1) is 20.1. The first-order valence-corrected chi connectivity index (χ1v) is 10.9. The fourth-order valence-electron chi connectivity index (χ4n) is 4.61. The number of hydrogen-bond acceptors (Lipinski definition) is 8. The van der Waals surface area contributed by atoms with Gasteiger partial charge in [-0.2, -0.15) is 5.21 Å². The Morgan fingerprint density at radius 2 is 2.03 bits per heavy atom. The van der Waals surface area contributed by atoms with Crippen molar-refractivity contribution in [3.8, 4) is 5.75 Å². The van der Waals surface area contributed by atoms with E-state index in [1.54, 1.807) is 31.2 Å². The van der Waals surface area contributed by atoms with Gasteiger partial charge in [0.05, 0.1) is 13.5 Å². The van der Waals surface area contributed by atoms with Crippen LogP contribution in [-0.2, 0) is 16.0 Å². The van der Waals surface area contributed by atoms with Crippen molar-refractivity contribution in [1.82, 2.24) is 25.9 Å². The summed E-state index contributed by atoms with van der Waals surface area (Å²) in [6, 6.07) is 4.73. The van der Waals surface area contributed by atoms with E-state index in [4.69, 9.17) is 10.8 Å². The lowest BCUT2D eigenvalue weighted by atomic mass is 9.69. The van der Waals surface area contributed by atoms with Gasteiger partial charge in [-0.05, 0) is 81.2 Å². The molecule has 0 bridgehead atoms. The van der Waals surface area contributed by atoms with Crippen molar-refractivity contribution >= 4 is 11.9 Å². The number of nitrogens with zero attached hydrogens (tertiary/aromatic N) is 3. The minimum absolute atomic E-state index is 0.294. The number of carbonyl (C=O) groups is 2. The predicted octanol–water partition coefficient (Wildman–Crippen LogP) is 2.31. The van der Waals surface area contributed by atoms with E-state index in [9.17, 15) is 9.59 Å². The first-order chi connectivity index (χ1) is 15.5. The number of ether oxygens (including phenoxy) is 2. The highest BCUT2D eigenvalue weighted by molar-refractivity contribution is 5.89. The summed E-state index contributed by atoms with van der Waals surface area (Å²) in [7, 11) is 0. The highest BCUT2D eigenvalue weighted by Crippen LogP contribution is 2.40. The maximum atomic E-state index is 12.9. The van der Waals surface area contributed by atoms with Crippen LogP contribution in [-0.4, -0.2) is 51.7 Å². The van der Waals surface area contributed by atoms with Crippen LogP contribution in [0.15, 0.2) is 24.3 Å². The Labute approximate surface area is 182 Å². The number of piperidine rings is 1. The van der Waals surface area contributed by atoms with Crippen LogP contribution in [0.3, 0.4) is 0 Å². The van der Waals surface area contributed by atoms with Crippen LogP contribution < -0.4 is 10.1 Å². The summed E-state index contributed by atoms with van der Waals surface area (Å²) >= 11 is 0. The summed E-state index contributed by atoms with van der Waals surface area (Å²) < 4.78 is 19.2. The van der Waals surface area contributed by atoms with E-state index in [0.29, 0.717) is 48.6 Å². The molecule has 2 aliphatic rings. The summed E-state index contributed by atoms with van der Waals surface area (Å²) in [6.07, 6.45) is 5.42. The molecular weight excluding hydrogens is 398 g/mol. The number of fused-ring (bicyclic) bond motifs is 1. The van der Waals surface area contributed by atoms with Crippen molar-refractivity contribution in [3.63, 3.8) is 0 Å². The maximum absolute atomic E-state index is 12.9. The topological polar surface area (TPSA) is 119 Å². The quantitative estimate of drug-likeness (QED) is 0.509. The number of aromatic amines is 1. The van der Waals surface area contributed by atoms with Crippen LogP contribution in [0.25, 0.3) is 0 Å². The highest BCUT2D eigenvalue weighted by Gasteiger charge is 2.38. The number of carbonyl (C=O) groups excluding carboxylic acids is 2. The maximum Gasteiger partial charge on any atom is 0.338 e. The SMILES string of the molecule is [2H][C@@]1(C(=O)Oc2ccc(C(=O)OCC)cc2)C[C@H]2C[C@@H](CCc3nn[nH]n3)CC[C@H]2CN1. The van der Waals surface area contributed by atoms with Gasteiger partial charge in [0.1, 0.15) is 11.8 Å². The van der Waals surface area contributed by atoms with Crippen molar-refractivity contribution < 1.29 is 20.4 Å². The van der Waals surface area contributed by atoms with E-state index in [2.05, 4.69) is 25.9 Å². The molecule has 9 nitrogen and oxygen atoms in total. The van der Waals surface area contributed by atoms with Crippen LogP contribution in [0, 0.1) is 17.8 Å². The number of tetrazole rings is 1. The Bertz CT molecular complexity index is 923. The van der Waals surface area contributed by atoms with Crippen LogP contribution >= 0.6 is 0 Å². The molecule has 9 heteroatoms. The Morgan fingerprint density at radius 3 is 2.77 bits per heavy atom. The average Bonchev–Trinajstić information content (AvgIpc) is 3.32. The average molecular weight is 429 g/mol. The lowest BCUT2D eigenvalue weighted by Crippen LogP contribution is -2.50. The minimum atomic E-state index is -1.48. The second-order valence-corrected chi connectivity index (χ2v) is 8.26. The summed E-state index contributed by atoms with van der Waals surface area (Å²) in [6.45, 7) is 2.68. The zero-order valence-corrected chi connectivity index (χ0v) is 17.7. The van der Waals surface area contributed by atoms with Crippen molar-refractivity contribution in [2.45, 2.75) is 51.5 Å². The van der Waals surface area contributed by atoms with E-state index in [1.807, 2.05) is 0 Å². The number of aromatic nitrogens is 4. The normalized spacial score (nSPS) is 28.3. The molecule has 0 amide bonds. The largest absolute Gasteiger partial charge is 0.462 e. The van der Waals surface area contributed by atoms with Crippen LogP contribution in [0.2, 0.25) is 0 Å². The van der Waals surface area contributed by atoms with Crippen molar-refractivity contribution in [1.29, 1.82) is 0 Å². The van der Waals surface area contributed by atoms with E-state index < -0.39 is 18.0 Å². The molecule has 1 aromatic carbocycles. The fourth-order valence-corrected chi connectivity index (χ4v) is 4.61. The third-order valence-corrected chi connectivity index (χ3v) is 6.28. The molecule has 4 rings (SSSR count). The summed E-state index contributed by atoms with van der Waals surface area (Å²) in [5, 5.41) is 17.2. The molecule has 1 aromatic heterocycles. The number of nitrogens with one attached hydrogen (secondary N) is 2. The van der Waals surface area contributed by atoms with Crippen molar-refractivity contribution in [3.05, 3.63) is 35.7 Å². The molecule has 1 aliphatic heterocycles. The van der Waals surface area contributed by atoms with Gasteiger partial charge in [-0.15, -0.1) is 10.2 Å². The van der Waals surface area contributed by atoms with Gasteiger partial charge in [0.2, 0.25) is 0 Å². The van der Waals surface area contributed by atoms with Crippen LogP contribution in [0.5, 0.6) is 5.75 Å². The summed E-state index contributed by atoms with van der Waals surface area (Å²) in [4.78, 5) is 24.6. The molecule has 31 heavy (non-hydrogen) atoms. The number of aryl methyl sites for hydroxylation is 1. The molecule has 0 radical (unpaired) electrons. The molecular formula is C22H29N5O4. The molecule has 1 aliphatic carbocycles. The molecule has 166 valence electrons. The van der Waals surface area contributed by atoms with Crippen molar-refractivity contribution in [2.24, 2.45) is 17.8 Å². The third kappa shape index (κ3) is 5.46. The van der Waals surface area contributed by atoms with E-state index in [0.717, 1.165) is 37.9 Å². The Balaban J connectivity index is 1.33. The number of benzene rings is 1. The zero-order valence-electron chi connectivity index (χ0n) is 18.7. The monoisotopic (exact) mass is 428 g/mol. The van der Waals surface area contributed by atoms with Gasteiger partial charge in [-0.3, -0.25) is 0 Å². The fraction of sp³-hybridized carbons (Fsp3) is 0.591. The lowest BCUT2D eigenvalue weighted by molar-refractivity contribution is -0.138.